The highest BCUT2D eigenvalue weighted by molar-refractivity contribution is 5.96. The van der Waals surface area contributed by atoms with Gasteiger partial charge in [-0.2, -0.15) is 0 Å². The number of oxazole rings is 1. The number of fused-ring (bicyclic) bond motifs is 1. The van der Waals surface area contributed by atoms with Crippen LogP contribution in [0.1, 0.15) is 62.2 Å². The fourth-order valence-corrected chi connectivity index (χ4v) is 4.53. The Kier molecular flexibility index (Phi) is 7.43. The van der Waals surface area contributed by atoms with Crippen LogP contribution in [0.5, 0.6) is 0 Å². The van der Waals surface area contributed by atoms with Crippen molar-refractivity contribution in [1.82, 2.24) is 4.57 Å². The maximum Gasteiger partial charge on any atom is 0.419 e. The molecule has 0 saturated carbocycles. The first-order valence-corrected chi connectivity index (χ1v) is 11.8. The number of halogens is 1. The zero-order valence-corrected chi connectivity index (χ0v) is 19.2. The molecule has 1 aromatic heterocycles. The summed E-state index contributed by atoms with van der Waals surface area (Å²) in [6.07, 6.45) is 9.80. The zero-order valence-electron chi connectivity index (χ0n) is 19.2. The predicted octanol–water partition coefficient (Wildman–Crippen LogP) is 6.11. The topological polar surface area (TPSA) is 55.5 Å². The Balaban J connectivity index is 1.19. The van der Waals surface area contributed by atoms with Crippen LogP contribution in [0, 0.1) is 5.82 Å². The molecule has 0 fully saturated rings. The van der Waals surface area contributed by atoms with Crippen LogP contribution in [-0.4, -0.2) is 23.4 Å². The molecule has 0 N–H and O–H groups in total. The zero-order chi connectivity index (χ0) is 23.2. The minimum absolute atomic E-state index is 0.0424. The van der Waals surface area contributed by atoms with E-state index < -0.39 is 0 Å². The smallest absolute Gasteiger partial charge is 0.408 e. The molecule has 1 aliphatic rings. The third-order valence-corrected chi connectivity index (χ3v) is 6.43. The third-order valence-electron chi connectivity index (χ3n) is 6.43. The molecule has 0 unspecified atom stereocenters. The quantitative estimate of drug-likeness (QED) is 0.224. The summed E-state index contributed by atoms with van der Waals surface area (Å²) in [5.41, 5.74) is 4.38. The number of aromatic nitrogens is 1. The minimum Gasteiger partial charge on any atom is -0.408 e. The Bertz CT molecular complexity index is 1190. The van der Waals surface area contributed by atoms with Crippen LogP contribution in [-0.2, 0) is 6.54 Å². The number of rotatable bonds is 9. The lowest BCUT2D eigenvalue weighted by Crippen LogP contribution is -2.24. The largest absolute Gasteiger partial charge is 0.419 e. The summed E-state index contributed by atoms with van der Waals surface area (Å²) in [4.78, 5) is 26.1. The second kappa shape index (κ2) is 10.6. The SMILES string of the molecule is CC(=O)c1ccc2c(c1)oc(=O)n2CCCCCCC1=CCCN(c2ccc(F)cc2)CC1. The monoisotopic (exact) mass is 450 g/mol. The van der Waals surface area contributed by atoms with Crippen molar-refractivity contribution < 1.29 is 13.6 Å². The minimum atomic E-state index is -0.361. The van der Waals surface area contributed by atoms with E-state index in [1.807, 2.05) is 12.1 Å². The van der Waals surface area contributed by atoms with Gasteiger partial charge in [0.1, 0.15) is 5.82 Å². The Morgan fingerprint density at radius 2 is 1.82 bits per heavy atom. The summed E-state index contributed by atoms with van der Waals surface area (Å²) in [7, 11) is 0. The lowest BCUT2D eigenvalue weighted by Gasteiger charge is -2.22. The standard InChI is InChI=1S/C27H31FN2O3/c1-20(31)22-9-14-25-26(19-22)33-27(32)30(25)17-5-3-2-4-7-21-8-6-16-29(18-15-21)24-12-10-23(28)11-13-24/h8-14,19H,2-7,15-18H2,1H3. The maximum absolute atomic E-state index is 13.2. The van der Waals surface area contributed by atoms with Crippen LogP contribution in [0.15, 0.2) is 63.3 Å². The molecule has 5 nitrogen and oxygen atoms in total. The summed E-state index contributed by atoms with van der Waals surface area (Å²) in [6.45, 7) is 4.07. The molecule has 6 heteroatoms. The number of carbonyl (C=O) groups excluding carboxylic acids is 1. The molecule has 1 aliphatic heterocycles. The summed E-state index contributed by atoms with van der Waals surface area (Å²) in [6, 6.07) is 12.0. The first-order chi connectivity index (χ1) is 16.0. The molecule has 0 radical (unpaired) electrons. The number of unbranched alkanes of at least 4 members (excludes halogenated alkanes) is 3. The molecule has 0 atom stereocenters. The van der Waals surface area contributed by atoms with Gasteiger partial charge in [0.25, 0.3) is 0 Å². The molecule has 0 bridgehead atoms. The molecule has 0 spiro atoms. The number of carbonyl (C=O) groups is 1. The first kappa shape index (κ1) is 23.0. The lowest BCUT2D eigenvalue weighted by atomic mass is 10.0. The number of nitrogens with zero attached hydrogens (tertiary/aromatic N) is 2. The van der Waals surface area contributed by atoms with Crippen molar-refractivity contribution in [1.29, 1.82) is 0 Å². The van der Waals surface area contributed by atoms with Crippen LogP contribution in [0.2, 0.25) is 0 Å². The molecule has 2 aromatic carbocycles. The van der Waals surface area contributed by atoms with Gasteiger partial charge in [0.15, 0.2) is 11.4 Å². The highest BCUT2D eigenvalue weighted by Gasteiger charge is 2.12. The number of aryl methyl sites for hydroxylation is 1. The number of hydrogen-bond donors (Lipinski definition) is 0. The summed E-state index contributed by atoms with van der Waals surface area (Å²) < 4.78 is 20.2. The van der Waals surface area contributed by atoms with Gasteiger partial charge in [-0.3, -0.25) is 9.36 Å². The molecule has 0 aliphatic carbocycles. The second-order valence-electron chi connectivity index (χ2n) is 8.79. The predicted molar refractivity (Wildman–Crippen MR) is 129 cm³/mol. The van der Waals surface area contributed by atoms with E-state index in [1.165, 1.54) is 24.6 Å². The van der Waals surface area contributed by atoms with E-state index in [0.29, 0.717) is 17.7 Å². The Morgan fingerprint density at radius 3 is 2.61 bits per heavy atom. The maximum atomic E-state index is 13.2. The molecule has 4 rings (SSSR count). The number of hydrogen-bond acceptors (Lipinski definition) is 4. The number of benzene rings is 2. The van der Waals surface area contributed by atoms with Gasteiger partial charge in [-0.15, -0.1) is 0 Å². The number of anilines is 1. The Hall–Kier alpha value is -3.15. The summed E-state index contributed by atoms with van der Waals surface area (Å²) in [5.74, 6) is -0.598. The molecule has 174 valence electrons. The number of Topliss-reactive ketones (excluding diaryl/α,β-unsaturated/α-hetero) is 1. The molecule has 3 aromatic rings. The molecule has 2 heterocycles. The van der Waals surface area contributed by atoms with Crippen molar-refractivity contribution in [3.63, 3.8) is 0 Å². The van der Waals surface area contributed by atoms with Crippen molar-refractivity contribution in [3.05, 3.63) is 76.0 Å². The van der Waals surface area contributed by atoms with Crippen molar-refractivity contribution in [2.45, 2.75) is 58.4 Å². The van der Waals surface area contributed by atoms with E-state index in [1.54, 1.807) is 22.8 Å². The van der Waals surface area contributed by atoms with Gasteiger partial charge in [-0.25, -0.2) is 9.18 Å². The van der Waals surface area contributed by atoms with Crippen molar-refractivity contribution >= 4 is 22.6 Å². The molecule has 33 heavy (non-hydrogen) atoms. The third kappa shape index (κ3) is 5.81. The van der Waals surface area contributed by atoms with Gasteiger partial charge < -0.3 is 9.32 Å². The van der Waals surface area contributed by atoms with Crippen molar-refractivity contribution in [2.24, 2.45) is 0 Å². The fraction of sp³-hybridized carbons (Fsp3) is 0.407. The van der Waals surface area contributed by atoms with Crippen LogP contribution >= 0.6 is 0 Å². The van der Waals surface area contributed by atoms with Crippen LogP contribution in [0.25, 0.3) is 11.1 Å². The lowest BCUT2D eigenvalue weighted by molar-refractivity contribution is 0.101. The van der Waals surface area contributed by atoms with Gasteiger partial charge in [0.05, 0.1) is 5.52 Å². The molecular formula is C27H31FN2O3. The van der Waals surface area contributed by atoms with Crippen molar-refractivity contribution in [3.8, 4) is 0 Å². The summed E-state index contributed by atoms with van der Waals surface area (Å²) >= 11 is 0. The molecule has 0 saturated heterocycles. The molecular weight excluding hydrogens is 419 g/mol. The normalized spacial score (nSPS) is 14.4. The van der Waals surface area contributed by atoms with Gasteiger partial charge in [-0.05, 0) is 81.5 Å². The van der Waals surface area contributed by atoms with Crippen molar-refractivity contribution in [2.75, 3.05) is 18.0 Å². The van der Waals surface area contributed by atoms with Gasteiger partial charge in [-0.1, -0.05) is 24.5 Å². The van der Waals surface area contributed by atoms with Gasteiger partial charge >= 0.3 is 5.76 Å². The van der Waals surface area contributed by atoms with E-state index in [9.17, 15) is 14.0 Å². The van der Waals surface area contributed by atoms with Gasteiger partial charge in [0, 0.05) is 30.9 Å². The highest BCUT2D eigenvalue weighted by atomic mass is 19.1. The average Bonchev–Trinajstić information content (AvgIpc) is 2.95. The summed E-state index contributed by atoms with van der Waals surface area (Å²) in [5, 5.41) is 0. The first-order valence-electron chi connectivity index (χ1n) is 11.8. The number of ketones is 1. The average molecular weight is 451 g/mol. The fourth-order valence-electron chi connectivity index (χ4n) is 4.53. The van der Waals surface area contributed by atoms with E-state index in [4.69, 9.17) is 4.42 Å². The van der Waals surface area contributed by atoms with E-state index in [0.717, 1.165) is 69.2 Å². The second-order valence-corrected chi connectivity index (χ2v) is 8.79. The van der Waals surface area contributed by atoms with Crippen LogP contribution in [0.3, 0.4) is 0 Å². The van der Waals surface area contributed by atoms with E-state index in [2.05, 4.69) is 11.0 Å². The van der Waals surface area contributed by atoms with E-state index >= 15 is 0 Å². The van der Waals surface area contributed by atoms with Gasteiger partial charge in [0.2, 0.25) is 0 Å². The van der Waals surface area contributed by atoms with E-state index in [-0.39, 0.29) is 17.4 Å². The Morgan fingerprint density at radius 1 is 1.03 bits per heavy atom. The molecule has 0 amide bonds. The Labute approximate surface area is 193 Å². The highest BCUT2D eigenvalue weighted by Crippen LogP contribution is 2.23. The van der Waals surface area contributed by atoms with Crippen LogP contribution < -0.4 is 10.7 Å². The van der Waals surface area contributed by atoms with Crippen LogP contribution in [0.4, 0.5) is 10.1 Å².